The molecule has 5 nitrogen and oxygen atoms in total. The van der Waals surface area contributed by atoms with Crippen molar-refractivity contribution in [2.24, 2.45) is 0 Å². The third-order valence-corrected chi connectivity index (χ3v) is 4.47. The summed E-state index contributed by atoms with van der Waals surface area (Å²) in [6.07, 6.45) is 7.56. The lowest BCUT2D eigenvalue weighted by atomic mass is 9.98. The van der Waals surface area contributed by atoms with Crippen molar-refractivity contribution in [3.8, 4) is 5.75 Å². The Balaban J connectivity index is 1.65. The van der Waals surface area contributed by atoms with Gasteiger partial charge in [-0.2, -0.15) is 13.9 Å². The summed E-state index contributed by atoms with van der Waals surface area (Å²) in [6, 6.07) is 7.94. The van der Waals surface area contributed by atoms with Gasteiger partial charge in [-0.15, -0.1) is 0 Å². The van der Waals surface area contributed by atoms with E-state index in [0.29, 0.717) is 5.56 Å². The third kappa shape index (κ3) is 4.55. The van der Waals surface area contributed by atoms with Gasteiger partial charge in [0.2, 0.25) is 0 Å². The highest BCUT2D eigenvalue weighted by Gasteiger charge is 2.27. The van der Waals surface area contributed by atoms with E-state index in [4.69, 9.17) is 0 Å². The quantitative estimate of drug-likeness (QED) is 0.801. The Labute approximate surface area is 145 Å². The molecule has 1 aliphatic rings. The lowest BCUT2D eigenvalue weighted by Crippen LogP contribution is -2.44. The van der Waals surface area contributed by atoms with Crippen molar-refractivity contribution in [1.82, 2.24) is 14.7 Å². The molecule has 1 aromatic heterocycles. The molecule has 0 unspecified atom stereocenters. The average Bonchev–Trinajstić information content (AvgIpc) is 3.13. The Bertz CT molecular complexity index is 674. The summed E-state index contributed by atoms with van der Waals surface area (Å²) in [4.78, 5) is 14.7. The molecule has 1 aromatic carbocycles. The molecule has 0 saturated carbocycles. The summed E-state index contributed by atoms with van der Waals surface area (Å²) in [5.41, 5.74) is 0.493. The van der Waals surface area contributed by atoms with Crippen molar-refractivity contribution in [2.45, 2.75) is 44.9 Å². The van der Waals surface area contributed by atoms with Gasteiger partial charge >= 0.3 is 6.61 Å². The van der Waals surface area contributed by atoms with Gasteiger partial charge in [0.1, 0.15) is 5.75 Å². The van der Waals surface area contributed by atoms with Crippen LogP contribution in [0.1, 0.15) is 36.0 Å². The molecule has 134 valence electrons. The van der Waals surface area contributed by atoms with Crippen molar-refractivity contribution in [1.29, 1.82) is 0 Å². The van der Waals surface area contributed by atoms with Crippen LogP contribution in [0.2, 0.25) is 0 Å². The molecule has 1 atom stereocenters. The van der Waals surface area contributed by atoms with Gasteiger partial charge in [0.25, 0.3) is 5.91 Å². The van der Waals surface area contributed by atoms with Crippen LogP contribution in [-0.2, 0) is 6.54 Å². The summed E-state index contributed by atoms with van der Waals surface area (Å²) in [5.74, 6) is -0.00538. The smallest absolute Gasteiger partial charge is 0.387 e. The number of hydrogen-bond donors (Lipinski definition) is 0. The Hall–Kier alpha value is -2.44. The van der Waals surface area contributed by atoms with E-state index in [0.717, 1.165) is 38.8 Å². The van der Waals surface area contributed by atoms with Crippen molar-refractivity contribution in [3.05, 3.63) is 48.3 Å². The van der Waals surface area contributed by atoms with Gasteiger partial charge in [-0.25, -0.2) is 0 Å². The van der Waals surface area contributed by atoms with Crippen molar-refractivity contribution in [3.63, 3.8) is 0 Å². The highest BCUT2D eigenvalue weighted by atomic mass is 19.3. The average molecular weight is 349 g/mol. The lowest BCUT2D eigenvalue weighted by Gasteiger charge is -2.36. The van der Waals surface area contributed by atoms with E-state index < -0.39 is 6.61 Å². The largest absolute Gasteiger partial charge is 0.435 e. The van der Waals surface area contributed by atoms with Gasteiger partial charge in [0.15, 0.2) is 0 Å². The second-order valence-corrected chi connectivity index (χ2v) is 6.11. The molecule has 7 heteroatoms. The molecule has 0 radical (unpaired) electrons. The molecule has 1 amide bonds. The Morgan fingerprint density at radius 3 is 2.76 bits per heavy atom. The summed E-state index contributed by atoms with van der Waals surface area (Å²) in [6.45, 7) is -1.38. The van der Waals surface area contributed by atoms with Crippen LogP contribution < -0.4 is 4.74 Å². The highest BCUT2D eigenvalue weighted by molar-refractivity contribution is 5.94. The van der Waals surface area contributed by atoms with E-state index in [9.17, 15) is 13.6 Å². The summed E-state index contributed by atoms with van der Waals surface area (Å²) in [7, 11) is 0. The van der Waals surface area contributed by atoms with Crippen LogP contribution in [0.25, 0.3) is 0 Å². The molecule has 3 rings (SSSR count). The normalized spacial score (nSPS) is 17.7. The third-order valence-electron chi connectivity index (χ3n) is 4.47. The van der Waals surface area contributed by atoms with E-state index in [1.807, 2.05) is 21.8 Å². The number of aryl methyl sites for hydroxylation is 1. The van der Waals surface area contributed by atoms with Crippen LogP contribution in [0.15, 0.2) is 42.7 Å². The van der Waals surface area contributed by atoms with Gasteiger partial charge in [-0.1, -0.05) is 0 Å². The highest BCUT2D eigenvalue weighted by Crippen LogP contribution is 2.23. The number of halogens is 2. The van der Waals surface area contributed by atoms with Gasteiger partial charge in [0.05, 0.1) is 0 Å². The fourth-order valence-corrected chi connectivity index (χ4v) is 3.23. The minimum atomic E-state index is -2.87. The van der Waals surface area contributed by atoms with E-state index in [-0.39, 0.29) is 17.7 Å². The Morgan fingerprint density at radius 2 is 2.08 bits per heavy atom. The summed E-state index contributed by atoms with van der Waals surface area (Å²) < 4.78 is 30.6. The number of carbonyl (C=O) groups excluding carboxylic acids is 1. The van der Waals surface area contributed by atoms with Gasteiger partial charge < -0.3 is 9.64 Å². The predicted molar refractivity (Wildman–Crippen MR) is 88.6 cm³/mol. The molecule has 2 heterocycles. The maximum absolute atomic E-state index is 12.8. The predicted octanol–water partition coefficient (Wildman–Crippen LogP) is 3.57. The molecule has 0 N–H and O–H groups in total. The topological polar surface area (TPSA) is 47.4 Å². The van der Waals surface area contributed by atoms with E-state index in [1.54, 1.807) is 18.3 Å². The second kappa shape index (κ2) is 8.09. The van der Waals surface area contributed by atoms with Crippen LogP contribution >= 0.6 is 0 Å². The lowest BCUT2D eigenvalue weighted by molar-refractivity contribution is -0.0498. The van der Waals surface area contributed by atoms with Crippen molar-refractivity contribution >= 4 is 5.91 Å². The van der Waals surface area contributed by atoms with E-state index >= 15 is 0 Å². The number of aromatic nitrogens is 2. The second-order valence-electron chi connectivity index (χ2n) is 6.11. The SMILES string of the molecule is O=C(c1ccc(OC(F)F)cc1)N1CCCC[C@@H]1CCn1cccn1. The number of amides is 1. The first-order chi connectivity index (χ1) is 12.1. The number of piperidine rings is 1. The molecule has 0 aliphatic carbocycles. The number of benzene rings is 1. The van der Waals surface area contributed by atoms with Crippen LogP contribution in [-0.4, -0.2) is 39.8 Å². The summed E-state index contributed by atoms with van der Waals surface area (Å²) in [5, 5.41) is 4.20. The molecule has 0 spiro atoms. The molecule has 25 heavy (non-hydrogen) atoms. The maximum Gasteiger partial charge on any atom is 0.387 e. The van der Waals surface area contributed by atoms with Gasteiger partial charge in [0, 0.05) is 37.1 Å². The first-order valence-electron chi connectivity index (χ1n) is 8.47. The molecule has 1 aliphatic heterocycles. The number of nitrogens with zero attached hydrogens (tertiary/aromatic N) is 3. The fourth-order valence-electron chi connectivity index (χ4n) is 3.23. The number of rotatable bonds is 6. The van der Waals surface area contributed by atoms with Crippen molar-refractivity contribution in [2.75, 3.05) is 6.54 Å². The fraction of sp³-hybridized carbons (Fsp3) is 0.444. The van der Waals surface area contributed by atoms with Gasteiger partial charge in [-0.05, 0) is 56.0 Å². The number of likely N-dealkylation sites (tertiary alicyclic amines) is 1. The number of hydrogen-bond acceptors (Lipinski definition) is 3. The van der Waals surface area contributed by atoms with Crippen LogP contribution in [0, 0.1) is 0 Å². The monoisotopic (exact) mass is 349 g/mol. The zero-order valence-electron chi connectivity index (χ0n) is 13.9. The zero-order valence-corrected chi connectivity index (χ0v) is 13.9. The van der Waals surface area contributed by atoms with Crippen molar-refractivity contribution < 1.29 is 18.3 Å². The van der Waals surface area contributed by atoms with Crippen LogP contribution in [0.5, 0.6) is 5.75 Å². The first kappa shape index (κ1) is 17.4. The molecule has 0 bridgehead atoms. The number of carbonyl (C=O) groups is 1. The van der Waals surface area contributed by atoms with Crippen LogP contribution in [0.4, 0.5) is 8.78 Å². The molecular weight excluding hydrogens is 328 g/mol. The minimum Gasteiger partial charge on any atom is -0.435 e. The zero-order chi connectivity index (χ0) is 17.6. The standard InChI is InChI=1S/C18H21F2N3O2/c19-18(20)25-16-7-5-14(6-8-16)17(24)23-12-2-1-4-15(23)9-13-22-11-3-10-21-22/h3,5-8,10-11,15,18H,1-2,4,9,12-13H2/t15-/m1/s1. The first-order valence-corrected chi connectivity index (χ1v) is 8.47. The van der Waals surface area contributed by atoms with E-state index in [1.165, 1.54) is 12.1 Å². The van der Waals surface area contributed by atoms with Gasteiger partial charge in [-0.3, -0.25) is 9.48 Å². The number of alkyl halides is 2. The number of ether oxygens (including phenoxy) is 1. The molecule has 1 saturated heterocycles. The van der Waals surface area contributed by atoms with E-state index in [2.05, 4.69) is 9.84 Å². The van der Waals surface area contributed by atoms with Crippen LogP contribution in [0.3, 0.4) is 0 Å². The maximum atomic E-state index is 12.8. The molecule has 2 aromatic rings. The Morgan fingerprint density at radius 1 is 1.28 bits per heavy atom. The summed E-state index contributed by atoms with van der Waals surface area (Å²) >= 11 is 0. The molecular formula is C18H21F2N3O2. The Kier molecular flexibility index (Phi) is 5.63. The molecule has 1 fully saturated rings. The minimum absolute atomic E-state index is 0.0560.